The van der Waals surface area contributed by atoms with Crippen LogP contribution in [0.25, 0.3) is 21.9 Å². The van der Waals surface area contributed by atoms with Gasteiger partial charge in [-0.15, -0.1) is 0 Å². The van der Waals surface area contributed by atoms with Gasteiger partial charge < -0.3 is 9.84 Å². The molecule has 4 rings (SSSR count). The van der Waals surface area contributed by atoms with Crippen LogP contribution in [0.15, 0.2) is 54.6 Å². The fourth-order valence-electron chi connectivity index (χ4n) is 4.23. The summed E-state index contributed by atoms with van der Waals surface area (Å²) >= 11 is 0. The average Bonchev–Trinajstić information content (AvgIpc) is 3.27. The number of carboxylic acids is 1. The number of carboxylic acid groups (broad SMARTS) is 1. The van der Waals surface area contributed by atoms with Crippen molar-refractivity contribution < 1.29 is 19.6 Å². The van der Waals surface area contributed by atoms with Crippen LogP contribution in [-0.2, 0) is 11.2 Å². The van der Waals surface area contributed by atoms with E-state index in [1.54, 1.807) is 6.92 Å². The van der Waals surface area contributed by atoms with E-state index < -0.39 is 16.8 Å². The maximum absolute atomic E-state index is 12.0. The van der Waals surface area contributed by atoms with Gasteiger partial charge in [0.2, 0.25) is 5.75 Å². The van der Waals surface area contributed by atoms with Gasteiger partial charge in [0.1, 0.15) is 0 Å². The number of hydrogen-bond donors (Lipinski definition) is 1. The Hall–Kier alpha value is -3.41. The highest BCUT2D eigenvalue weighted by Crippen LogP contribution is 2.42. The highest BCUT2D eigenvalue weighted by atomic mass is 16.6. The van der Waals surface area contributed by atoms with Crippen LogP contribution < -0.4 is 4.74 Å². The maximum atomic E-state index is 12.0. The maximum Gasteiger partial charge on any atom is 0.311 e. The van der Waals surface area contributed by atoms with Crippen molar-refractivity contribution in [2.24, 2.45) is 5.92 Å². The molecule has 31 heavy (non-hydrogen) atoms. The topological polar surface area (TPSA) is 89.7 Å². The number of rotatable bonds is 7. The molecule has 0 heterocycles. The number of carbonyl (C=O) groups is 1. The van der Waals surface area contributed by atoms with Gasteiger partial charge in [-0.25, -0.2) is 0 Å². The summed E-state index contributed by atoms with van der Waals surface area (Å²) in [7, 11) is 0. The summed E-state index contributed by atoms with van der Waals surface area (Å²) in [5.74, 6) is -1.30. The van der Waals surface area contributed by atoms with Crippen molar-refractivity contribution in [3.8, 4) is 16.9 Å². The van der Waals surface area contributed by atoms with Crippen LogP contribution in [0.1, 0.15) is 38.2 Å². The van der Waals surface area contributed by atoms with Crippen LogP contribution in [0.2, 0.25) is 0 Å². The van der Waals surface area contributed by atoms with Crippen LogP contribution in [0.4, 0.5) is 5.69 Å². The lowest BCUT2D eigenvalue weighted by Gasteiger charge is -2.19. The van der Waals surface area contributed by atoms with E-state index in [0.29, 0.717) is 11.1 Å². The van der Waals surface area contributed by atoms with Gasteiger partial charge in [0, 0.05) is 11.6 Å². The molecule has 1 fully saturated rings. The first-order valence-corrected chi connectivity index (χ1v) is 10.6. The zero-order valence-corrected chi connectivity index (χ0v) is 17.4. The molecule has 0 spiro atoms. The standard InChI is InChI=1S/C25H25NO5/c1-16(25(27)28)12-17-13-22(20-11-10-18-6-2-3-7-19(18)15-20)24(23(14-17)26(29)30)31-21-8-4-5-9-21/h2-3,6-7,10-11,13-16,21H,4-5,8-9,12H2,1H3,(H,27,28). The van der Waals surface area contributed by atoms with Crippen LogP contribution >= 0.6 is 0 Å². The average molecular weight is 419 g/mol. The molecule has 3 aromatic rings. The van der Waals surface area contributed by atoms with E-state index in [2.05, 4.69) is 0 Å². The Kier molecular flexibility index (Phi) is 5.89. The number of nitrogens with zero attached hydrogens (tertiary/aromatic N) is 1. The summed E-state index contributed by atoms with van der Waals surface area (Å²) in [4.78, 5) is 22.9. The zero-order valence-electron chi connectivity index (χ0n) is 17.4. The quantitative estimate of drug-likeness (QED) is 0.375. The molecule has 0 saturated heterocycles. The smallest absolute Gasteiger partial charge is 0.311 e. The highest BCUT2D eigenvalue weighted by molar-refractivity contribution is 5.89. The van der Waals surface area contributed by atoms with E-state index >= 15 is 0 Å². The second kappa shape index (κ2) is 8.76. The van der Waals surface area contributed by atoms with Gasteiger partial charge in [0.15, 0.2) is 0 Å². The van der Waals surface area contributed by atoms with Gasteiger partial charge >= 0.3 is 11.7 Å². The fourth-order valence-corrected chi connectivity index (χ4v) is 4.23. The molecule has 0 aromatic heterocycles. The molecule has 6 nitrogen and oxygen atoms in total. The zero-order chi connectivity index (χ0) is 22.0. The summed E-state index contributed by atoms with van der Waals surface area (Å²) in [6.07, 6.45) is 4.04. The number of nitro groups is 1. The van der Waals surface area contributed by atoms with Crippen LogP contribution in [0.5, 0.6) is 5.75 Å². The summed E-state index contributed by atoms with van der Waals surface area (Å²) in [6, 6.07) is 17.2. The van der Waals surface area contributed by atoms with E-state index in [4.69, 9.17) is 4.74 Å². The van der Waals surface area contributed by atoms with Crippen molar-refractivity contribution in [3.05, 3.63) is 70.3 Å². The Bertz CT molecular complexity index is 1130. The van der Waals surface area contributed by atoms with Gasteiger partial charge in [0.05, 0.1) is 16.9 Å². The molecule has 1 aliphatic carbocycles. The molecule has 3 aromatic carbocycles. The molecule has 1 N–H and O–H groups in total. The normalized spacial score (nSPS) is 15.1. The van der Waals surface area contributed by atoms with E-state index in [9.17, 15) is 20.0 Å². The molecule has 0 bridgehead atoms. The highest BCUT2D eigenvalue weighted by Gasteiger charge is 2.27. The minimum Gasteiger partial charge on any atom is -0.483 e. The number of nitro benzene ring substituents is 1. The van der Waals surface area contributed by atoms with Crippen molar-refractivity contribution in [3.63, 3.8) is 0 Å². The van der Waals surface area contributed by atoms with E-state index in [-0.39, 0.29) is 24.0 Å². The lowest BCUT2D eigenvalue weighted by atomic mass is 9.94. The summed E-state index contributed by atoms with van der Waals surface area (Å²) in [5, 5.41) is 23.4. The fraction of sp³-hybridized carbons (Fsp3) is 0.320. The SMILES string of the molecule is CC(Cc1cc(-c2ccc3ccccc3c2)c(OC2CCCC2)c([N+](=O)[O-])c1)C(=O)O. The van der Waals surface area contributed by atoms with Crippen molar-refractivity contribution >= 4 is 22.4 Å². The third kappa shape index (κ3) is 4.53. The van der Waals surface area contributed by atoms with Crippen molar-refractivity contribution in [2.75, 3.05) is 0 Å². The molecule has 0 amide bonds. The first kappa shape index (κ1) is 20.8. The summed E-state index contributed by atoms with van der Waals surface area (Å²) in [6.45, 7) is 1.60. The number of ether oxygens (including phenoxy) is 1. The lowest BCUT2D eigenvalue weighted by molar-refractivity contribution is -0.386. The Morgan fingerprint density at radius 1 is 1.13 bits per heavy atom. The summed E-state index contributed by atoms with van der Waals surface area (Å²) < 4.78 is 6.21. The monoisotopic (exact) mass is 419 g/mol. The molecule has 1 saturated carbocycles. The predicted octanol–water partition coefficient (Wildman–Crippen LogP) is 6.00. The second-order valence-corrected chi connectivity index (χ2v) is 8.28. The Morgan fingerprint density at radius 2 is 1.84 bits per heavy atom. The Balaban J connectivity index is 1.87. The first-order valence-electron chi connectivity index (χ1n) is 10.6. The number of benzene rings is 3. The number of aliphatic carboxylic acids is 1. The Labute approximate surface area is 180 Å². The third-order valence-corrected chi connectivity index (χ3v) is 5.94. The number of hydrogen-bond acceptors (Lipinski definition) is 4. The summed E-state index contributed by atoms with van der Waals surface area (Å²) in [5.41, 5.74) is 1.97. The van der Waals surface area contributed by atoms with Crippen molar-refractivity contribution in [1.82, 2.24) is 0 Å². The molecular weight excluding hydrogens is 394 g/mol. The minimum atomic E-state index is -0.929. The van der Waals surface area contributed by atoms with Crippen molar-refractivity contribution in [2.45, 2.75) is 45.1 Å². The molecular formula is C25H25NO5. The lowest BCUT2D eigenvalue weighted by Crippen LogP contribution is -2.15. The molecule has 160 valence electrons. The molecule has 1 aliphatic rings. The molecule has 0 radical (unpaired) electrons. The van der Waals surface area contributed by atoms with Gasteiger partial charge in [-0.1, -0.05) is 43.3 Å². The van der Waals surface area contributed by atoms with Gasteiger partial charge in [-0.3, -0.25) is 14.9 Å². The van der Waals surface area contributed by atoms with Crippen LogP contribution in [-0.4, -0.2) is 22.1 Å². The molecule has 1 unspecified atom stereocenters. The van der Waals surface area contributed by atoms with Crippen LogP contribution in [0.3, 0.4) is 0 Å². The van der Waals surface area contributed by atoms with E-state index in [0.717, 1.165) is 42.0 Å². The largest absolute Gasteiger partial charge is 0.483 e. The molecule has 1 atom stereocenters. The van der Waals surface area contributed by atoms with Gasteiger partial charge in [0.25, 0.3) is 0 Å². The first-order chi connectivity index (χ1) is 14.9. The van der Waals surface area contributed by atoms with Gasteiger partial charge in [-0.05, 0) is 66.1 Å². The predicted molar refractivity (Wildman–Crippen MR) is 119 cm³/mol. The molecule has 0 aliphatic heterocycles. The molecule has 6 heteroatoms. The van der Waals surface area contributed by atoms with Crippen LogP contribution in [0, 0.1) is 16.0 Å². The Morgan fingerprint density at radius 3 is 2.52 bits per heavy atom. The minimum absolute atomic E-state index is 0.0401. The number of fused-ring (bicyclic) bond motifs is 1. The van der Waals surface area contributed by atoms with Crippen molar-refractivity contribution in [1.29, 1.82) is 0 Å². The van der Waals surface area contributed by atoms with E-state index in [1.165, 1.54) is 6.07 Å². The van der Waals surface area contributed by atoms with Gasteiger partial charge in [-0.2, -0.15) is 0 Å². The van der Waals surface area contributed by atoms with E-state index in [1.807, 2.05) is 48.5 Å². The second-order valence-electron chi connectivity index (χ2n) is 8.28. The third-order valence-electron chi connectivity index (χ3n) is 5.94.